The Balaban J connectivity index is 2.20. The van der Waals surface area contributed by atoms with Gasteiger partial charge in [0.1, 0.15) is 15.5 Å². The number of sulfone groups is 1. The summed E-state index contributed by atoms with van der Waals surface area (Å²) in [5, 5.41) is 12.9. The smallest absolute Gasteiger partial charge is 0.354 e. The molecule has 1 fully saturated rings. The maximum atomic E-state index is 11.2. The van der Waals surface area contributed by atoms with Crippen molar-refractivity contribution >= 4 is 15.8 Å². The van der Waals surface area contributed by atoms with Crippen molar-refractivity contribution in [2.24, 2.45) is 0 Å². The first kappa shape index (κ1) is 11.1. The van der Waals surface area contributed by atoms with Gasteiger partial charge in [0.2, 0.25) is 0 Å². The van der Waals surface area contributed by atoms with E-state index in [1.54, 1.807) is 0 Å². The van der Waals surface area contributed by atoms with Crippen molar-refractivity contribution in [3.05, 3.63) is 18.0 Å². The van der Waals surface area contributed by atoms with Crippen molar-refractivity contribution in [3.63, 3.8) is 0 Å². The summed E-state index contributed by atoms with van der Waals surface area (Å²) >= 11 is 0. The van der Waals surface area contributed by atoms with Crippen LogP contribution in [0.2, 0.25) is 0 Å². The van der Waals surface area contributed by atoms with Crippen molar-refractivity contribution in [2.75, 3.05) is 11.5 Å². The van der Waals surface area contributed by atoms with Crippen molar-refractivity contribution < 1.29 is 18.3 Å². The summed E-state index contributed by atoms with van der Waals surface area (Å²) in [7, 11) is -2.93. The fraction of sp³-hybridized carbons (Fsp3) is 0.556. The fourth-order valence-corrected chi connectivity index (χ4v) is 3.36. The lowest BCUT2D eigenvalue weighted by atomic mass is 10.1. The third kappa shape index (κ3) is 2.08. The number of carbonyl (C=O) groups is 1. The summed E-state index contributed by atoms with van der Waals surface area (Å²) in [5.74, 6) is -0.821. The van der Waals surface area contributed by atoms with Gasteiger partial charge in [-0.05, 0) is 18.9 Å². The van der Waals surface area contributed by atoms with Crippen LogP contribution in [0.25, 0.3) is 0 Å². The number of hydrogen-bond donors (Lipinski definition) is 1. The van der Waals surface area contributed by atoms with E-state index in [1.165, 1.54) is 16.9 Å². The molecule has 0 amide bonds. The van der Waals surface area contributed by atoms with Gasteiger partial charge < -0.3 is 5.11 Å². The maximum Gasteiger partial charge on any atom is 0.354 e. The zero-order valence-corrected chi connectivity index (χ0v) is 9.35. The predicted molar refractivity (Wildman–Crippen MR) is 56.1 cm³/mol. The lowest BCUT2D eigenvalue weighted by Crippen LogP contribution is -2.27. The van der Waals surface area contributed by atoms with Gasteiger partial charge in [-0.2, -0.15) is 5.10 Å². The molecule has 1 aromatic rings. The summed E-state index contributed by atoms with van der Waals surface area (Å²) in [6.07, 6.45) is 2.29. The molecular weight excluding hydrogens is 232 g/mol. The minimum Gasteiger partial charge on any atom is -0.477 e. The Bertz CT molecular complexity index is 491. The largest absolute Gasteiger partial charge is 0.477 e. The van der Waals surface area contributed by atoms with E-state index in [-0.39, 0.29) is 23.2 Å². The van der Waals surface area contributed by atoms with Crippen LogP contribution in [0.15, 0.2) is 12.3 Å². The lowest BCUT2D eigenvalue weighted by Gasteiger charge is -2.23. The van der Waals surface area contributed by atoms with Crippen molar-refractivity contribution in [2.45, 2.75) is 18.9 Å². The third-order valence-electron chi connectivity index (χ3n) is 2.76. The van der Waals surface area contributed by atoms with Crippen LogP contribution in [0.1, 0.15) is 29.4 Å². The van der Waals surface area contributed by atoms with Crippen LogP contribution in [0.3, 0.4) is 0 Å². The highest BCUT2D eigenvalue weighted by Crippen LogP contribution is 2.24. The average molecular weight is 244 g/mol. The minimum atomic E-state index is -2.93. The van der Waals surface area contributed by atoms with Crippen LogP contribution in [0.4, 0.5) is 0 Å². The summed E-state index contributed by atoms with van der Waals surface area (Å²) in [5.41, 5.74) is 0.115. The summed E-state index contributed by atoms with van der Waals surface area (Å²) < 4.78 is 23.9. The molecule has 1 saturated heterocycles. The molecule has 0 aliphatic carbocycles. The molecule has 88 valence electrons. The Morgan fingerprint density at radius 2 is 2.06 bits per heavy atom. The Labute approximate surface area is 92.8 Å². The molecule has 1 N–H and O–H groups in total. The molecular formula is C9H12N2O4S. The Kier molecular flexibility index (Phi) is 2.71. The van der Waals surface area contributed by atoms with Gasteiger partial charge in [-0.3, -0.25) is 4.68 Å². The third-order valence-corrected chi connectivity index (χ3v) is 4.47. The van der Waals surface area contributed by atoms with Gasteiger partial charge in [0.25, 0.3) is 0 Å². The standard InChI is InChI=1S/C9H12N2O4S/c12-9(13)8-1-4-10-11(8)7-2-5-16(14,15)6-3-7/h1,4,7H,2-3,5-6H2,(H,12,13). The zero-order chi connectivity index (χ0) is 11.8. The SMILES string of the molecule is O=C(O)c1ccnn1C1CCS(=O)(=O)CC1. The zero-order valence-electron chi connectivity index (χ0n) is 8.54. The van der Waals surface area contributed by atoms with Gasteiger partial charge in [-0.1, -0.05) is 0 Å². The molecule has 1 aromatic heterocycles. The molecule has 2 heterocycles. The van der Waals surface area contributed by atoms with E-state index in [4.69, 9.17) is 5.11 Å². The predicted octanol–water partition coefficient (Wildman–Crippen LogP) is 0.331. The highest BCUT2D eigenvalue weighted by Gasteiger charge is 2.27. The normalized spacial score (nSPS) is 20.8. The van der Waals surface area contributed by atoms with Gasteiger partial charge >= 0.3 is 5.97 Å². The number of carboxylic acids is 1. The van der Waals surface area contributed by atoms with Crippen LogP contribution in [-0.4, -0.2) is 40.8 Å². The van der Waals surface area contributed by atoms with Crippen LogP contribution in [0.5, 0.6) is 0 Å². The van der Waals surface area contributed by atoms with Gasteiger partial charge in [-0.25, -0.2) is 13.2 Å². The Hall–Kier alpha value is -1.37. The van der Waals surface area contributed by atoms with Crippen LogP contribution in [-0.2, 0) is 9.84 Å². The van der Waals surface area contributed by atoms with E-state index in [2.05, 4.69) is 5.10 Å². The monoisotopic (exact) mass is 244 g/mol. The van der Waals surface area contributed by atoms with Gasteiger partial charge in [0.15, 0.2) is 0 Å². The molecule has 7 heteroatoms. The van der Waals surface area contributed by atoms with Gasteiger partial charge in [-0.15, -0.1) is 0 Å². The van der Waals surface area contributed by atoms with Crippen molar-refractivity contribution in [1.29, 1.82) is 0 Å². The number of hydrogen-bond acceptors (Lipinski definition) is 4. The summed E-state index contributed by atoms with van der Waals surface area (Å²) in [6.45, 7) is 0. The van der Waals surface area contributed by atoms with E-state index < -0.39 is 15.8 Å². The molecule has 0 bridgehead atoms. The van der Waals surface area contributed by atoms with Gasteiger partial charge in [0.05, 0.1) is 17.5 Å². The molecule has 1 aliphatic rings. The molecule has 0 atom stereocenters. The number of carboxylic acid groups (broad SMARTS) is 1. The second-order valence-corrected chi connectivity index (χ2v) is 6.15. The Morgan fingerprint density at radius 3 is 2.62 bits per heavy atom. The van der Waals surface area contributed by atoms with Crippen molar-refractivity contribution in [3.8, 4) is 0 Å². The number of aromatic carboxylic acids is 1. The molecule has 0 aromatic carbocycles. The lowest BCUT2D eigenvalue weighted by molar-refractivity contribution is 0.0679. The number of rotatable bonds is 2. The van der Waals surface area contributed by atoms with Gasteiger partial charge in [0, 0.05) is 6.20 Å². The molecule has 1 aliphatic heterocycles. The summed E-state index contributed by atoms with van der Waals surface area (Å²) in [6, 6.07) is 1.30. The van der Waals surface area contributed by atoms with E-state index in [1.807, 2.05) is 0 Å². The van der Waals surface area contributed by atoms with Crippen LogP contribution >= 0.6 is 0 Å². The maximum absolute atomic E-state index is 11.2. The fourth-order valence-electron chi connectivity index (χ4n) is 1.90. The van der Waals surface area contributed by atoms with E-state index in [9.17, 15) is 13.2 Å². The first-order valence-corrected chi connectivity index (χ1v) is 6.79. The second kappa shape index (κ2) is 3.89. The van der Waals surface area contributed by atoms with E-state index in [0.29, 0.717) is 12.8 Å². The molecule has 6 nitrogen and oxygen atoms in total. The number of aromatic nitrogens is 2. The average Bonchev–Trinajstić information content (AvgIpc) is 2.66. The quantitative estimate of drug-likeness (QED) is 0.809. The first-order valence-electron chi connectivity index (χ1n) is 4.97. The molecule has 0 radical (unpaired) electrons. The first-order chi connectivity index (χ1) is 7.49. The Morgan fingerprint density at radius 1 is 1.44 bits per heavy atom. The van der Waals surface area contributed by atoms with Crippen LogP contribution < -0.4 is 0 Å². The topological polar surface area (TPSA) is 89.3 Å². The van der Waals surface area contributed by atoms with Crippen molar-refractivity contribution in [1.82, 2.24) is 9.78 Å². The van der Waals surface area contributed by atoms with E-state index >= 15 is 0 Å². The second-order valence-electron chi connectivity index (χ2n) is 3.85. The molecule has 2 rings (SSSR count). The molecule has 0 saturated carbocycles. The highest BCUT2D eigenvalue weighted by atomic mass is 32.2. The summed E-state index contributed by atoms with van der Waals surface area (Å²) in [4.78, 5) is 10.9. The minimum absolute atomic E-state index is 0.108. The molecule has 0 spiro atoms. The highest BCUT2D eigenvalue weighted by molar-refractivity contribution is 7.91. The van der Waals surface area contributed by atoms with E-state index in [0.717, 1.165) is 0 Å². The molecule has 16 heavy (non-hydrogen) atoms. The van der Waals surface area contributed by atoms with Crippen LogP contribution in [0, 0.1) is 0 Å². The number of nitrogens with zero attached hydrogens (tertiary/aromatic N) is 2. The molecule has 0 unspecified atom stereocenters.